The van der Waals surface area contributed by atoms with Gasteiger partial charge in [-0.1, -0.05) is 0 Å². The molecule has 0 saturated carbocycles. The minimum atomic E-state index is -0.385. The zero-order valence-electron chi connectivity index (χ0n) is 15.2. The van der Waals surface area contributed by atoms with E-state index in [-0.39, 0.29) is 23.3 Å². The van der Waals surface area contributed by atoms with Crippen LogP contribution in [0.3, 0.4) is 0 Å². The van der Waals surface area contributed by atoms with Crippen molar-refractivity contribution in [3.05, 3.63) is 53.9 Å². The first kappa shape index (κ1) is 20.1. The number of carbonyl (C=O) groups excluding carboxylic acids is 3. The average molecular weight is 370 g/mol. The van der Waals surface area contributed by atoms with E-state index in [9.17, 15) is 14.4 Å². The highest BCUT2D eigenvalue weighted by atomic mass is 16.5. The van der Waals surface area contributed by atoms with Gasteiger partial charge >= 0.3 is 0 Å². The van der Waals surface area contributed by atoms with Crippen molar-refractivity contribution in [3.63, 3.8) is 0 Å². The predicted octanol–water partition coefficient (Wildman–Crippen LogP) is 2.06. The van der Waals surface area contributed by atoms with Gasteiger partial charge in [0.05, 0.1) is 11.1 Å². The Morgan fingerprint density at radius 3 is 2.15 bits per heavy atom. The molecule has 8 heteroatoms. The number of anilines is 2. The highest BCUT2D eigenvalue weighted by Gasteiger charge is 2.11. The second-order valence-corrected chi connectivity index (χ2v) is 5.78. The van der Waals surface area contributed by atoms with Crippen LogP contribution in [0.4, 0.5) is 11.4 Å². The van der Waals surface area contributed by atoms with E-state index in [4.69, 9.17) is 4.74 Å². The summed E-state index contributed by atoms with van der Waals surface area (Å²) in [7, 11) is 1.60. The maximum absolute atomic E-state index is 12.4. The summed E-state index contributed by atoms with van der Waals surface area (Å²) in [6, 6.07) is 8.18. The minimum Gasteiger partial charge on any atom is -0.385 e. The normalized spacial score (nSPS) is 10.1. The first-order valence-corrected chi connectivity index (χ1v) is 8.41. The van der Waals surface area contributed by atoms with Gasteiger partial charge in [0.15, 0.2) is 0 Å². The van der Waals surface area contributed by atoms with Crippen LogP contribution in [0.25, 0.3) is 0 Å². The molecular formula is C19H22N4O4. The van der Waals surface area contributed by atoms with E-state index in [2.05, 4.69) is 20.9 Å². The summed E-state index contributed by atoms with van der Waals surface area (Å²) in [5.41, 5.74) is 1.77. The molecule has 142 valence electrons. The smallest absolute Gasteiger partial charge is 0.257 e. The number of hydrogen-bond donors (Lipinski definition) is 3. The molecule has 0 bridgehead atoms. The predicted molar refractivity (Wildman–Crippen MR) is 102 cm³/mol. The fourth-order valence-electron chi connectivity index (χ4n) is 2.25. The van der Waals surface area contributed by atoms with Gasteiger partial charge in [0.1, 0.15) is 0 Å². The van der Waals surface area contributed by atoms with Crippen LogP contribution in [0, 0.1) is 0 Å². The van der Waals surface area contributed by atoms with Crippen LogP contribution in [0.5, 0.6) is 0 Å². The van der Waals surface area contributed by atoms with Crippen molar-refractivity contribution in [2.24, 2.45) is 0 Å². The number of aromatic nitrogens is 1. The summed E-state index contributed by atoms with van der Waals surface area (Å²) in [6.45, 7) is 2.45. The summed E-state index contributed by atoms with van der Waals surface area (Å²) in [5.74, 6) is -0.855. The molecule has 27 heavy (non-hydrogen) atoms. The van der Waals surface area contributed by atoms with E-state index in [1.807, 2.05) is 0 Å². The van der Waals surface area contributed by atoms with E-state index >= 15 is 0 Å². The summed E-state index contributed by atoms with van der Waals surface area (Å²) in [4.78, 5) is 39.5. The molecule has 1 aromatic carbocycles. The Kier molecular flexibility index (Phi) is 7.45. The fourth-order valence-corrected chi connectivity index (χ4v) is 2.25. The summed E-state index contributed by atoms with van der Waals surface area (Å²) in [6.07, 6.45) is 3.50. The van der Waals surface area contributed by atoms with Crippen molar-refractivity contribution >= 4 is 29.1 Å². The molecule has 2 rings (SSSR count). The lowest BCUT2D eigenvalue weighted by atomic mass is 10.1. The van der Waals surface area contributed by atoms with Crippen LogP contribution in [-0.4, -0.2) is 43.0 Å². The monoisotopic (exact) mass is 370 g/mol. The molecule has 0 fully saturated rings. The molecule has 2 aromatic rings. The molecule has 0 unspecified atom stereocenters. The molecule has 3 amide bonds. The molecule has 0 aliphatic carbocycles. The lowest BCUT2D eigenvalue weighted by molar-refractivity contribution is -0.114. The van der Waals surface area contributed by atoms with Crippen molar-refractivity contribution in [2.45, 2.75) is 13.3 Å². The second-order valence-electron chi connectivity index (χ2n) is 5.78. The van der Waals surface area contributed by atoms with Crippen molar-refractivity contribution in [3.8, 4) is 0 Å². The van der Waals surface area contributed by atoms with Crippen molar-refractivity contribution in [2.75, 3.05) is 30.9 Å². The summed E-state index contributed by atoms with van der Waals surface area (Å²) < 4.78 is 4.93. The van der Waals surface area contributed by atoms with Gasteiger partial charge in [-0.2, -0.15) is 0 Å². The lowest BCUT2D eigenvalue weighted by Crippen LogP contribution is -2.25. The molecule has 0 saturated heterocycles. The third-order valence-corrected chi connectivity index (χ3v) is 3.54. The Morgan fingerprint density at radius 1 is 0.963 bits per heavy atom. The Hall–Kier alpha value is -3.26. The molecule has 0 aliphatic rings. The number of amides is 3. The molecule has 1 aromatic heterocycles. The lowest BCUT2D eigenvalue weighted by Gasteiger charge is -2.08. The highest BCUT2D eigenvalue weighted by molar-refractivity contribution is 6.06. The van der Waals surface area contributed by atoms with Gasteiger partial charge in [0, 0.05) is 51.0 Å². The standard InChI is InChI=1S/C19H22N4O4/c1-13(24)22-16-4-6-17(7-5-16)23-19(26)15-10-14(11-20-12-15)18(25)21-8-3-9-27-2/h4-7,10-12H,3,8-9H2,1-2H3,(H,21,25)(H,22,24)(H,23,26). The second kappa shape index (κ2) is 10.0. The fraction of sp³-hybridized carbons (Fsp3) is 0.263. The molecule has 0 atom stereocenters. The van der Waals surface area contributed by atoms with Crippen LogP contribution in [0.2, 0.25) is 0 Å². The van der Waals surface area contributed by atoms with E-state index in [0.717, 1.165) is 0 Å². The zero-order valence-corrected chi connectivity index (χ0v) is 15.2. The third-order valence-electron chi connectivity index (χ3n) is 3.54. The molecule has 3 N–H and O–H groups in total. The van der Waals surface area contributed by atoms with Gasteiger partial charge in [-0.05, 0) is 36.8 Å². The van der Waals surface area contributed by atoms with Gasteiger partial charge in [0.2, 0.25) is 5.91 Å². The maximum Gasteiger partial charge on any atom is 0.257 e. The van der Waals surface area contributed by atoms with Crippen LogP contribution >= 0.6 is 0 Å². The largest absolute Gasteiger partial charge is 0.385 e. The Labute approximate surface area is 157 Å². The van der Waals surface area contributed by atoms with Gasteiger partial charge in [-0.25, -0.2) is 0 Å². The van der Waals surface area contributed by atoms with E-state index < -0.39 is 0 Å². The first-order valence-electron chi connectivity index (χ1n) is 8.41. The Balaban J connectivity index is 1.98. The molecule has 0 radical (unpaired) electrons. The number of hydrogen-bond acceptors (Lipinski definition) is 5. The number of carbonyl (C=O) groups is 3. The van der Waals surface area contributed by atoms with E-state index in [1.165, 1.54) is 25.4 Å². The summed E-state index contributed by atoms with van der Waals surface area (Å²) >= 11 is 0. The van der Waals surface area contributed by atoms with Gasteiger partial charge < -0.3 is 20.7 Å². The Bertz CT molecular complexity index is 806. The minimum absolute atomic E-state index is 0.171. The maximum atomic E-state index is 12.4. The van der Waals surface area contributed by atoms with Crippen LogP contribution in [-0.2, 0) is 9.53 Å². The number of ether oxygens (including phenoxy) is 1. The van der Waals surface area contributed by atoms with Gasteiger partial charge in [-0.3, -0.25) is 19.4 Å². The molecule has 8 nitrogen and oxygen atoms in total. The first-order chi connectivity index (χ1) is 13.0. The topological polar surface area (TPSA) is 109 Å². The van der Waals surface area contributed by atoms with Crippen LogP contribution < -0.4 is 16.0 Å². The van der Waals surface area contributed by atoms with Crippen molar-refractivity contribution in [1.29, 1.82) is 0 Å². The third kappa shape index (κ3) is 6.52. The molecular weight excluding hydrogens is 348 g/mol. The summed E-state index contributed by atoms with van der Waals surface area (Å²) in [5, 5.41) is 8.12. The number of benzene rings is 1. The van der Waals surface area contributed by atoms with E-state index in [0.29, 0.717) is 36.5 Å². The SMILES string of the molecule is COCCCNC(=O)c1cncc(C(=O)Nc2ccc(NC(C)=O)cc2)c1. The average Bonchev–Trinajstić information content (AvgIpc) is 2.66. The van der Waals surface area contributed by atoms with Crippen molar-refractivity contribution < 1.29 is 19.1 Å². The molecule has 1 heterocycles. The number of nitrogens with one attached hydrogen (secondary N) is 3. The van der Waals surface area contributed by atoms with Crippen molar-refractivity contribution in [1.82, 2.24) is 10.3 Å². The highest BCUT2D eigenvalue weighted by Crippen LogP contribution is 2.15. The number of pyridine rings is 1. The quantitative estimate of drug-likeness (QED) is 0.616. The molecule has 0 aliphatic heterocycles. The van der Waals surface area contributed by atoms with Gasteiger partial charge in [0.25, 0.3) is 11.8 Å². The number of nitrogens with zero attached hydrogens (tertiary/aromatic N) is 1. The number of rotatable bonds is 8. The van der Waals surface area contributed by atoms with Gasteiger partial charge in [-0.15, -0.1) is 0 Å². The number of methoxy groups -OCH3 is 1. The Morgan fingerprint density at radius 2 is 1.56 bits per heavy atom. The zero-order chi connectivity index (χ0) is 19.6. The van der Waals surface area contributed by atoms with Crippen LogP contribution in [0.15, 0.2) is 42.7 Å². The van der Waals surface area contributed by atoms with Crippen LogP contribution in [0.1, 0.15) is 34.1 Å². The molecule has 0 spiro atoms. The van der Waals surface area contributed by atoms with E-state index in [1.54, 1.807) is 31.4 Å².